The van der Waals surface area contributed by atoms with E-state index in [2.05, 4.69) is 40.7 Å². The predicted molar refractivity (Wildman–Crippen MR) is 97.4 cm³/mol. The van der Waals surface area contributed by atoms with Gasteiger partial charge < -0.3 is 0 Å². The third-order valence-corrected chi connectivity index (χ3v) is 4.74. The summed E-state index contributed by atoms with van der Waals surface area (Å²) in [6, 6.07) is 3.80. The molecule has 1 fully saturated rings. The first kappa shape index (κ1) is 17.7. The minimum absolute atomic E-state index is 0.0291. The molecule has 0 aromatic carbocycles. The molecule has 0 saturated carbocycles. The van der Waals surface area contributed by atoms with Crippen LogP contribution < -0.4 is 5.56 Å². The van der Waals surface area contributed by atoms with Gasteiger partial charge in [-0.25, -0.2) is 14.6 Å². The average Bonchev–Trinajstić information content (AvgIpc) is 2.97. The average molecular weight is 341 g/mol. The first-order chi connectivity index (χ1) is 11.8. The van der Waals surface area contributed by atoms with Gasteiger partial charge in [-0.3, -0.25) is 9.69 Å². The maximum absolute atomic E-state index is 12.3. The summed E-state index contributed by atoms with van der Waals surface area (Å²) in [7, 11) is 0. The topological polar surface area (TPSA) is 63.9 Å². The number of aryl methyl sites for hydroxylation is 1. The Balaban J connectivity index is 1.75. The summed E-state index contributed by atoms with van der Waals surface area (Å²) in [6.07, 6.45) is 6.01. The Morgan fingerprint density at radius 2 is 1.92 bits per heavy atom. The molecule has 0 amide bonds. The zero-order valence-corrected chi connectivity index (χ0v) is 15.6. The molecule has 3 rings (SSSR count). The fourth-order valence-electron chi connectivity index (χ4n) is 3.22. The van der Waals surface area contributed by atoms with E-state index in [1.54, 1.807) is 10.7 Å². The minimum atomic E-state index is -0.0654. The van der Waals surface area contributed by atoms with E-state index in [9.17, 15) is 4.79 Å². The van der Waals surface area contributed by atoms with Crippen molar-refractivity contribution in [3.05, 3.63) is 52.0 Å². The van der Waals surface area contributed by atoms with Gasteiger partial charge in [0.2, 0.25) is 0 Å². The molecule has 2 aromatic heterocycles. The number of rotatable bonds is 4. The van der Waals surface area contributed by atoms with Crippen LogP contribution in [0, 0.1) is 6.92 Å². The fraction of sp³-hybridized carbons (Fsp3) is 0.579. The van der Waals surface area contributed by atoms with Gasteiger partial charge in [0.15, 0.2) is 0 Å². The molecule has 2 aromatic rings. The smallest absolute Gasteiger partial charge is 0.266 e. The lowest BCUT2D eigenvalue weighted by atomic mass is 9.92. The van der Waals surface area contributed by atoms with Crippen molar-refractivity contribution in [1.29, 1.82) is 0 Å². The van der Waals surface area contributed by atoms with E-state index in [-0.39, 0.29) is 11.0 Å². The standard InChI is InChI=1S/C19H27N5O/c1-14-20-10-15(11-21-14)12-23-9-5-6-16(23)13-24-18(25)8-7-17(22-24)19(2,3)4/h7-8,10-11,16H,5-6,9,12-13H2,1-4H3. The molecule has 1 aliphatic rings. The van der Waals surface area contributed by atoms with Crippen LogP contribution in [-0.2, 0) is 18.5 Å². The van der Waals surface area contributed by atoms with Crippen LogP contribution >= 0.6 is 0 Å². The Morgan fingerprint density at radius 3 is 2.60 bits per heavy atom. The van der Waals surface area contributed by atoms with Gasteiger partial charge in [0, 0.05) is 42.0 Å². The predicted octanol–water partition coefficient (Wildman–Crippen LogP) is 2.30. The fourth-order valence-corrected chi connectivity index (χ4v) is 3.22. The van der Waals surface area contributed by atoms with E-state index in [0.29, 0.717) is 12.6 Å². The van der Waals surface area contributed by atoms with Gasteiger partial charge in [0.25, 0.3) is 5.56 Å². The second-order valence-electron chi connectivity index (χ2n) is 7.89. The van der Waals surface area contributed by atoms with Crippen molar-refractivity contribution in [2.24, 2.45) is 0 Å². The molecule has 0 spiro atoms. The number of aromatic nitrogens is 4. The highest BCUT2D eigenvalue weighted by atomic mass is 16.1. The van der Waals surface area contributed by atoms with Crippen molar-refractivity contribution >= 4 is 0 Å². The Morgan fingerprint density at radius 1 is 1.20 bits per heavy atom. The van der Waals surface area contributed by atoms with Gasteiger partial charge in [-0.05, 0) is 32.4 Å². The third kappa shape index (κ3) is 4.31. The number of likely N-dealkylation sites (tertiary alicyclic amines) is 1. The molecule has 1 unspecified atom stereocenters. The van der Waals surface area contributed by atoms with Crippen LogP contribution in [0.15, 0.2) is 29.3 Å². The van der Waals surface area contributed by atoms with Gasteiger partial charge in [0.05, 0.1) is 12.2 Å². The molecule has 1 aliphatic heterocycles. The zero-order valence-electron chi connectivity index (χ0n) is 15.6. The highest BCUT2D eigenvalue weighted by Crippen LogP contribution is 2.22. The van der Waals surface area contributed by atoms with Crippen LogP contribution in [0.25, 0.3) is 0 Å². The SMILES string of the molecule is Cc1ncc(CN2CCCC2Cn2nc(C(C)(C)C)ccc2=O)cn1. The highest BCUT2D eigenvalue weighted by Gasteiger charge is 2.26. The van der Waals surface area contributed by atoms with Crippen molar-refractivity contribution in [2.75, 3.05) is 6.54 Å². The summed E-state index contributed by atoms with van der Waals surface area (Å²) in [5, 5.41) is 4.61. The summed E-state index contributed by atoms with van der Waals surface area (Å²) < 4.78 is 1.63. The Kier molecular flexibility index (Phi) is 4.99. The van der Waals surface area contributed by atoms with Crippen LogP contribution in [0.1, 0.15) is 50.7 Å². The Bertz CT molecular complexity index is 776. The summed E-state index contributed by atoms with van der Waals surface area (Å²) in [5.41, 5.74) is 1.97. The molecule has 25 heavy (non-hydrogen) atoms. The van der Waals surface area contributed by atoms with Gasteiger partial charge >= 0.3 is 0 Å². The molecule has 134 valence electrons. The number of hydrogen-bond acceptors (Lipinski definition) is 5. The van der Waals surface area contributed by atoms with E-state index >= 15 is 0 Å². The van der Waals surface area contributed by atoms with Crippen LogP contribution in [-0.4, -0.2) is 37.2 Å². The first-order valence-corrected chi connectivity index (χ1v) is 8.93. The third-order valence-electron chi connectivity index (χ3n) is 4.74. The Hall–Kier alpha value is -2.08. The van der Waals surface area contributed by atoms with E-state index in [4.69, 9.17) is 0 Å². The monoisotopic (exact) mass is 341 g/mol. The molecule has 1 saturated heterocycles. The minimum Gasteiger partial charge on any atom is -0.294 e. The van der Waals surface area contributed by atoms with Crippen molar-refractivity contribution in [3.8, 4) is 0 Å². The van der Waals surface area contributed by atoms with E-state index in [1.165, 1.54) is 0 Å². The van der Waals surface area contributed by atoms with Crippen LogP contribution in [0.4, 0.5) is 0 Å². The second kappa shape index (κ2) is 7.04. The van der Waals surface area contributed by atoms with E-state index < -0.39 is 0 Å². The second-order valence-corrected chi connectivity index (χ2v) is 7.89. The highest BCUT2D eigenvalue weighted by molar-refractivity contribution is 5.11. The molecule has 6 heteroatoms. The van der Waals surface area contributed by atoms with Crippen molar-refractivity contribution in [3.63, 3.8) is 0 Å². The van der Waals surface area contributed by atoms with Gasteiger partial charge in [0.1, 0.15) is 5.82 Å². The zero-order chi connectivity index (χ0) is 18.0. The van der Waals surface area contributed by atoms with Gasteiger partial charge in [-0.2, -0.15) is 5.10 Å². The summed E-state index contributed by atoms with van der Waals surface area (Å²) in [6.45, 7) is 10.7. The van der Waals surface area contributed by atoms with Crippen LogP contribution in [0.2, 0.25) is 0 Å². The molecule has 6 nitrogen and oxygen atoms in total. The van der Waals surface area contributed by atoms with Crippen molar-refractivity contribution in [1.82, 2.24) is 24.6 Å². The van der Waals surface area contributed by atoms with Crippen molar-refractivity contribution in [2.45, 2.75) is 65.1 Å². The molecule has 0 N–H and O–H groups in total. The lowest BCUT2D eigenvalue weighted by Gasteiger charge is -2.25. The molecule has 3 heterocycles. The summed E-state index contributed by atoms with van der Waals surface area (Å²) in [4.78, 5) is 23.2. The first-order valence-electron chi connectivity index (χ1n) is 8.93. The Labute approximate surface area is 148 Å². The van der Waals surface area contributed by atoms with Crippen molar-refractivity contribution < 1.29 is 0 Å². The van der Waals surface area contributed by atoms with E-state index in [1.807, 2.05) is 25.4 Å². The molecular formula is C19H27N5O. The largest absolute Gasteiger partial charge is 0.294 e. The molecule has 0 aliphatic carbocycles. The molecule has 0 bridgehead atoms. The van der Waals surface area contributed by atoms with E-state index in [0.717, 1.165) is 43.0 Å². The maximum Gasteiger partial charge on any atom is 0.266 e. The maximum atomic E-state index is 12.3. The normalized spacial score (nSPS) is 18.6. The van der Waals surface area contributed by atoms with Crippen LogP contribution in [0.5, 0.6) is 0 Å². The van der Waals surface area contributed by atoms with Crippen LogP contribution in [0.3, 0.4) is 0 Å². The summed E-state index contributed by atoms with van der Waals surface area (Å²) in [5.74, 6) is 0.788. The molecule has 0 radical (unpaired) electrons. The lowest BCUT2D eigenvalue weighted by Crippen LogP contribution is -2.37. The van der Waals surface area contributed by atoms with Gasteiger partial charge in [-0.15, -0.1) is 0 Å². The van der Waals surface area contributed by atoms with Gasteiger partial charge in [-0.1, -0.05) is 20.8 Å². The number of nitrogens with zero attached hydrogens (tertiary/aromatic N) is 5. The lowest BCUT2D eigenvalue weighted by molar-refractivity contribution is 0.215. The molecular weight excluding hydrogens is 314 g/mol. The number of hydrogen-bond donors (Lipinski definition) is 0. The quantitative estimate of drug-likeness (QED) is 0.854. The summed E-state index contributed by atoms with van der Waals surface area (Å²) >= 11 is 0. The molecule has 1 atom stereocenters.